The molecule has 6 nitrogen and oxygen atoms in total. The van der Waals surface area contributed by atoms with Crippen LogP contribution in [0.1, 0.15) is 15.9 Å². The predicted molar refractivity (Wildman–Crippen MR) is 91.5 cm³/mol. The van der Waals surface area contributed by atoms with Crippen LogP contribution in [0, 0.1) is 0 Å². The monoisotopic (exact) mass is 342 g/mol. The van der Waals surface area contributed by atoms with Crippen LogP contribution in [0.2, 0.25) is 5.02 Å². The predicted octanol–water partition coefficient (Wildman–Crippen LogP) is 3.24. The number of amides is 1. The number of methoxy groups -OCH3 is 1. The van der Waals surface area contributed by atoms with Crippen molar-refractivity contribution in [1.82, 2.24) is 14.8 Å². The molecule has 1 amide bonds. The first kappa shape index (κ1) is 16.0. The lowest BCUT2D eigenvalue weighted by Gasteiger charge is -2.09. The number of nitrogens with zero attached hydrogens (tertiary/aromatic N) is 3. The average Bonchev–Trinajstić information content (AvgIpc) is 3.08. The van der Waals surface area contributed by atoms with Gasteiger partial charge in [-0.2, -0.15) is 5.10 Å². The van der Waals surface area contributed by atoms with Crippen molar-refractivity contribution in [2.75, 3.05) is 12.4 Å². The number of anilines is 1. The van der Waals surface area contributed by atoms with E-state index in [4.69, 9.17) is 16.3 Å². The van der Waals surface area contributed by atoms with Crippen molar-refractivity contribution in [3.8, 4) is 5.75 Å². The Morgan fingerprint density at radius 3 is 2.88 bits per heavy atom. The molecule has 7 heteroatoms. The second-order valence-corrected chi connectivity index (χ2v) is 5.50. The molecule has 0 aliphatic rings. The largest absolute Gasteiger partial charge is 0.495 e. The van der Waals surface area contributed by atoms with Crippen molar-refractivity contribution >= 4 is 23.2 Å². The number of halogens is 1. The van der Waals surface area contributed by atoms with E-state index in [0.29, 0.717) is 28.6 Å². The van der Waals surface area contributed by atoms with Gasteiger partial charge in [0.25, 0.3) is 5.91 Å². The Bertz CT molecular complexity index is 850. The summed E-state index contributed by atoms with van der Waals surface area (Å²) in [5.41, 5.74) is 2.12. The molecule has 24 heavy (non-hydrogen) atoms. The van der Waals surface area contributed by atoms with Crippen molar-refractivity contribution in [2.24, 2.45) is 0 Å². The molecule has 3 rings (SSSR count). The molecule has 0 spiro atoms. The molecule has 0 saturated heterocycles. The number of hydrogen-bond acceptors (Lipinski definition) is 4. The Morgan fingerprint density at radius 1 is 1.29 bits per heavy atom. The molecule has 0 fully saturated rings. The zero-order chi connectivity index (χ0) is 16.9. The van der Waals surface area contributed by atoms with Crippen LogP contribution in [0.5, 0.6) is 5.75 Å². The number of rotatable bonds is 5. The lowest BCUT2D eigenvalue weighted by Crippen LogP contribution is -2.12. The summed E-state index contributed by atoms with van der Waals surface area (Å²) in [6.45, 7) is 0.551. The van der Waals surface area contributed by atoms with Gasteiger partial charge in [-0.25, -0.2) is 9.67 Å². The minimum atomic E-state index is -0.211. The van der Waals surface area contributed by atoms with Gasteiger partial charge in [0, 0.05) is 11.3 Å². The lowest BCUT2D eigenvalue weighted by atomic mass is 10.1. The van der Waals surface area contributed by atoms with E-state index in [1.165, 1.54) is 6.33 Å². The van der Waals surface area contributed by atoms with Crippen LogP contribution in [0.3, 0.4) is 0 Å². The van der Waals surface area contributed by atoms with Crippen LogP contribution in [-0.4, -0.2) is 27.8 Å². The highest BCUT2D eigenvalue weighted by Gasteiger charge is 2.09. The van der Waals surface area contributed by atoms with Gasteiger partial charge in [-0.1, -0.05) is 23.7 Å². The zero-order valence-electron chi connectivity index (χ0n) is 12.9. The Hall–Kier alpha value is -2.86. The van der Waals surface area contributed by atoms with E-state index >= 15 is 0 Å². The van der Waals surface area contributed by atoms with Gasteiger partial charge in [-0.05, 0) is 35.9 Å². The fourth-order valence-corrected chi connectivity index (χ4v) is 2.52. The summed E-state index contributed by atoms with van der Waals surface area (Å²) in [5.74, 6) is 0.348. The summed E-state index contributed by atoms with van der Waals surface area (Å²) in [6.07, 6.45) is 3.11. The third kappa shape index (κ3) is 3.72. The van der Waals surface area contributed by atoms with E-state index in [-0.39, 0.29) is 5.91 Å². The SMILES string of the molecule is COc1ccc(NC(=O)c2cccc(Cn3cncn3)c2)cc1Cl. The summed E-state index contributed by atoms with van der Waals surface area (Å²) in [5, 5.41) is 7.32. The van der Waals surface area contributed by atoms with Crippen molar-refractivity contribution < 1.29 is 9.53 Å². The molecule has 1 aromatic heterocycles. The number of benzene rings is 2. The highest BCUT2D eigenvalue weighted by Crippen LogP contribution is 2.27. The molecule has 0 radical (unpaired) electrons. The first-order chi connectivity index (χ1) is 11.7. The third-order valence-electron chi connectivity index (χ3n) is 3.41. The van der Waals surface area contributed by atoms with Crippen molar-refractivity contribution in [1.29, 1.82) is 0 Å². The molecular formula is C17H15ClN4O2. The van der Waals surface area contributed by atoms with Crippen LogP contribution < -0.4 is 10.1 Å². The molecule has 0 atom stereocenters. The average molecular weight is 343 g/mol. The van der Waals surface area contributed by atoms with Crippen LogP contribution in [0.4, 0.5) is 5.69 Å². The van der Waals surface area contributed by atoms with Gasteiger partial charge in [0.05, 0.1) is 18.7 Å². The molecule has 1 N–H and O–H groups in total. The molecule has 0 bridgehead atoms. The second-order valence-electron chi connectivity index (χ2n) is 5.10. The van der Waals surface area contributed by atoms with E-state index in [2.05, 4.69) is 15.4 Å². The fraction of sp³-hybridized carbons (Fsp3) is 0.118. The van der Waals surface area contributed by atoms with E-state index in [1.807, 2.05) is 18.2 Å². The van der Waals surface area contributed by atoms with Gasteiger partial charge in [-0.15, -0.1) is 0 Å². The molecule has 0 aliphatic carbocycles. The highest BCUT2D eigenvalue weighted by atomic mass is 35.5. The quantitative estimate of drug-likeness (QED) is 0.772. The smallest absolute Gasteiger partial charge is 0.255 e. The number of carbonyl (C=O) groups excluding carboxylic acids is 1. The van der Waals surface area contributed by atoms with Crippen LogP contribution in [0.15, 0.2) is 55.1 Å². The van der Waals surface area contributed by atoms with Gasteiger partial charge in [0.1, 0.15) is 18.4 Å². The maximum absolute atomic E-state index is 12.4. The van der Waals surface area contributed by atoms with Crippen molar-refractivity contribution in [3.05, 3.63) is 71.3 Å². The normalized spacial score (nSPS) is 10.4. The molecule has 0 unspecified atom stereocenters. The van der Waals surface area contributed by atoms with Gasteiger partial charge >= 0.3 is 0 Å². The lowest BCUT2D eigenvalue weighted by molar-refractivity contribution is 0.102. The summed E-state index contributed by atoms with van der Waals surface area (Å²) in [7, 11) is 1.54. The summed E-state index contributed by atoms with van der Waals surface area (Å²) >= 11 is 6.07. The van der Waals surface area contributed by atoms with E-state index in [9.17, 15) is 4.79 Å². The number of nitrogens with one attached hydrogen (secondary N) is 1. The highest BCUT2D eigenvalue weighted by molar-refractivity contribution is 6.32. The summed E-state index contributed by atoms with van der Waals surface area (Å²) < 4.78 is 6.79. The van der Waals surface area contributed by atoms with Crippen LogP contribution >= 0.6 is 11.6 Å². The maximum atomic E-state index is 12.4. The van der Waals surface area contributed by atoms with Crippen molar-refractivity contribution in [3.63, 3.8) is 0 Å². The maximum Gasteiger partial charge on any atom is 0.255 e. The first-order valence-corrected chi connectivity index (χ1v) is 7.60. The Labute approximate surface area is 144 Å². The molecule has 0 saturated carbocycles. The fourth-order valence-electron chi connectivity index (χ4n) is 2.26. The number of ether oxygens (including phenoxy) is 1. The van der Waals surface area contributed by atoms with Gasteiger partial charge < -0.3 is 10.1 Å². The minimum Gasteiger partial charge on any atom is -0.495 e. The minimum absolute atomic E-state index is 0.211. The first-order valence-electron chi connectivity index (χ1n) is 7.22. The van der Waals surface area contributed by atoms with Crippen LogP contribution in [0.25, 0.3) is 0 Å². The van der Waals surface area contributed by atoms with Gasteiger partial charge in [0.2, 0.25) is 0 Å². The standard InChI is InChI=1S/C17H15ClN4O2/c1-24-16-6-5-14(8-15(16)18)21-17(23)13-4-2-3-12(7-13)9-22-11-19-10-20-22/h2-8,10-11H,9H2,1H3,(H,21,23). The summed E-state index contributed by atoms with van der Waals surface area (Å²) in [6, 6.07) is 12.4. The van der Waals surface area contributed by atoms with E-state index < -0.39 is 0 Å². The number of aromatic nitrogens is 3. The molecule has 122 valence electrons. The number of carbonyl (C=O) groups is 1. The molecular weight excluding hydrogens is 328 g/mol. The Kier molecular flexibility index (Phi) is 4.77. The Morgan fingerprint density at radius 2 is 2.17 bits per heavy atom. The molecule has 3 aromatic rings. The summed E-state index contributed by atoms with van der Waals surface area (Å²) in [4.78, 5) is 16.3. The topological polar surface area (TPSA) is 69.0 Å². The van der Waals surface area contributed by atoms with Crippen LogP contribution in [-0.2, 0) is 6.54 Å². The van der Waals surface area contributed by atoms with Gasteiger partial charge in [0.15, 0.2) is 0 Å². The molecule has 1 heterocycles. The van der Waals surface area contributed by atoms with E-state index in [0.717, 1.165) is 5.56 Å². The number of hydrogen-bond donors (Lipinski definition) is 1. The molecule has 2 aromatic carbocycles. The van der Waals surface area contributed by atoms with Crippen molar-refractivity contribution in [2.45, 2.75) is 6.54 Å². The second kappa shape index (κ2) is 7.14. The Balaban J connectivity index is 1.74. The molecule has 0 aliphatic heterocycles. The van der Waals surface area contributed by atoms with E-state index in [1.54, 1.807) is 42.4 Å². The van der Waals surface area contributed by atoms with Gasteiger partial charge in [-0.3, -0.25) is 4.79 Å². The zero-order valence-corrected chi connectivity index (χ0v) is 13.7. The third-order valence-corrected chi connectivity index (χ3v) is 3.71.